The molecule has 0 spiro atoms. The van der Waals surface area contributed by atoms with E-state index in [-0.39, 0.29) is 5.91 Å². The molecule has 1 amide bonds. The molecule has 0 bridgehead atoms. The van der Waals surface area contributed by atoms with Crippen molar-refractivity contribution in [2.45, 2.75) is 13.1 Å². The van der Waals surface area contributed by atoms with Gasteiger partial charge >= 0.3 is 0 Å². The fraction of sp³-hybridized carbons (Fsp3) is 0.143. The van der Waals surface area contributed by atoms with Crippen LogP contribution >= 0.6 is 0 Å². The van der Waals surface area contributed by atoms with Gasteiger partial charge in [0.15, 0.2) is 11.5 Å². The van der Waals surface area contributed by atoms with Crippen molar-refractivity contribution in [3.05, 3.63) is 108 Å². The normalized spacial score (nSPS) is 10.8. The largest absolute Gasteiger partial charge is 0.493 e. The summed E-state index contributed by atoms with van der Waals surface area (Å²) in [4.78, 5) is 17.3. The molecule has 0 saturated carbocycles. The summed E-state index contributed by atoms with van der Waals surface area (Å²) in [5.41, 5.74) is 4.69. The number of methoxy groups -OCH3 is 2. The minimum absolute atomic E-state index is 0.223. The Morgan fingerprint density at radius 3 is 2.38 bits per heavy atom. The molecule has 3 aromatic carbocycles. The molecule has 0 aliphatic heterocycles. The fourth-order valence-corrected chi connectivity index (χ4v) is 3.99. The van der Waals surface area contributed by atoms with Crippen molar-refractivity contribution in [2.75, 3.05) is 14.2 Å². The lowest BCUT2D eigenvalue weighted by Crippen LogP contribution is -2.23. The van der Waals surface area contributed by atoms with Gasteiger partial charge in [-0.25, -0.2) is 14.3 Å². The Kier molecular flexibility index (Phi) is 6.93. The summed E-state index contributed by atoms with van der Waals surface area (Å²) in [6.07, 6.45) is 4.94. The average Bonchev–Trinajstić information content (AvgIpc) is 3.63. The first-order valence-electron chi connectivity index (χ1n) is 11.7. The quantitative estimate of drug-likeness (QED) is 0.331. The van der Waals surface area contributed by atoms with Gasteiger partial charge in [-0.1, -0.05) is 42.5 Å². The summed E-state index contributed by atoms with van der Waals surface area (Å²) in [5, 5.41) is 11.9. The van der Waals surface area contributed by atoms with Gasteiger partial charge in [-0.2, -0.15) is 10.2 Å². The number of para-hydroxylation sites is 1. The lowest BCUT2D eigenvalue weighted by atomic mass is 10.1. The van der Waals surface area contributed by atoms with Gasteiger partial charge in [0.1, 0.15) is 18.3 Å². The summed E-state index contributed by atoms with van der Waals surface area (Å²) < 4.78 is 14.3. The van der Waals surface area contributed by atoms with Crippen molar-refractivity contribution in [1.82, 2.24) is 29.9 Å². The van der Waals surface area contributed by atoms with Crippen LogP contribution in [0.4, 0.5) is 0 Å². The average molecular weight is 495 g/mol. The van der Waals surface area contributed by atoms with Crippen molar-refractivity contribution in [3.63, 3.8) is 0 Å². The fourth-order valence-electron chi connectivity index (χ4n) is 3.99. The molecule has 0 aliphatic carbocycles. The van der Waals surface area contributed by atoms with E-state index in [0.717, 1.165) is 22.4 Å². The van der Waals surface area contributed by atoms with E-state index in [1.807, 2.05) is 66.7 Å². The van der Waals surface area contributed by atoms with Crippen molar-refractivity contribution in [2.24, 2.45) is 0 Å². The first kappa shape index (κ1) is 23.8. The molecule has 9 heteroatoms. The van der Waals surface area contributed by atoms with Gasteiger partial charge in [0, 0.05) is 18.3 Å². The number of benzene rings is 3. The van der Waals surface area contributed by atoms with Gasteiger partial charge < -0.3 is 14.8 Å². The topological polar surface area (TPSA) is 96.1 Å². The summed E-state index contributed by atoms with van der Waals surface area (Å²) >= 11 is 0. The van der Waals surface area contributed by atoms with Gasteiger partial charge in [-0.15, -0.1) is 0 Å². The molecule has 1 N–H and O–H groups in total. The maximum Gasteiger partial charge on any atom is 0.255 e. The first-order chi connectivity index (χ1) is 18.1. The lowest BCUT2D eigenvalue weighted by molar-refractivity contribution is 0.0951. The minimum atomic E-state index is -0.223. The molecule has 37 heavy (non-hydrogen) atoms. The van der Waals surface area contributed by atoms with Crippen molar-refractivity contribution >= 4 is 5.91 Å². The third-order valence-corrected chi connectivity index (χ3v) is 5.92. The smallest absolute Gasteiger partial charge is 0.255 e. The van der Waals surface area contributed by atoms with Crippen LogP contribution in [0, 0.1) is 0 Å². The van der Waals surface area contributed by atoms with Gasteiger partial charge in [0.05, 0.1) is 32.0 Å². The highest BCUT2D eigenvalue weighted by molar-refractivity contribution is 6.00. The van der Waals surface area contributed by atoms with Gasteiger partial charge in [-0.3, -0.25) is 4.79 Å². The molecular formula is C28H26N6O3. The number of hydrogen-bond acceptors (Lipinski definition) is 6. The number of nitrogens with zero attached hydrogens (tertiary/aromatic N) is 5. The summed E-state index contributed by atoms with van der Waals surface area (Å²) in [6.45, 7) is 1.02. The third-order valence-electron chi connectivity index (χ3n) is 5.92. The molecule has 0 aliphatic rings. The minimum Gasteiger partial charge on any atom is -0.493 e. The van der Waals surface area contributed by atoms with E-state index in [1.54, 1.807) is 42.2 Å². The monoisotopic (exact) mass is 494 g/mol. The van der Waals surface area contributed by atoms with E-state index in [4.69, 9.17) is 14.6 Å². The van der Waals surface area contributed by atoms with Gasteiger partial charge in [0.25, 0.3) is 5.91 Å². The van der Waals surface area contributed by atoms with Crippen LogP contribution in [0.2, 0.25) is 0 Å². The number of carbonyl (C=O) groups is 1. The van der Waals surface area contributed by atoms with E-state index >= 15 is 0 Å². The second-order valence-corrected chi connectivity index (χ2v) is 8.33. The second-order valence-electron chi connectivity index (χ2n) is 8.33. The number of nitrogens with one attached hydrogen (secondary N) is 1. The maximum absolute atomic E-state index is 13.4. The zero-order chi connectivity index (χ0) is 25.6. The highest BCUT2D eigenvalue weighted by Gasteiger charge is 2.20. The number of carbonyl (C=O) groups excluding carboxylic acids is 1. The zero-order valence-corrected chi connectivity index (χ0v) is 20.5. The van der Waals surface area contributed by atoms with E-state index in [2.05, 4.69) is 15.4 Å². The SMILES string of the molecule is COc1ccc(-c2nn(-c3ccccc3)cc2C(=O)NCc2ccc(Cn3cncn3)cc2)cc1OC. The van der Waals surface area contributed by atoms with Crippen LogP contribution in [0.3, 0.4) is 0 Å². The number of rotatable bonds is 9. The van der Waals surface area contributed by atoms with E-state index < -0.39 is 0 Å². The molecule has 0 unspecified atom stereocenters. The van der Waals surface area contributed by atoms with Gasteiger partial charge in [-0.05, 0) is 41.5 Å². The molecule has 0 saturated heterocycles. The first-order valence-corrected chi connectivity index (χ1v) is 11.7. The third kappa shape index (κ3) is 5.35. The lowest BCUT2D eigenvalue weighted by Gasteiger charge is -2.10. The van der Waals surface area contributed by atoms with Crippen LogP contribution in [0.5, 0.6) is 11.5 Å². The van der Waals surface area contributed by atoms with E-state index in [9.17, 15) is 4.79 Å². The highest BCUT2D eigenvalue weighted by Crippen LogP contribution is 2.33. The Morgan fingerprint density at radius 2 is 1.68 bits per heavy atom. The molecule has 9 nitrogen and oxygen atoms in total. The van der Waals surface area contributed by atoms with Crippen LogP contribution in [-0.2, 0) is 13.1 Å². The van der Waals surface area contributed by atoms with Crippen LogP contribution in [-0.4, -0.2) is 44.7 Å². The number of amides is 1. The molecule has 0 atom stereocenters. The summed E-state index contributed by atoms with van der Waals surface area (Å²) in [6, 6.07) is 23.2. The molecule has 2 aromatic heterocycles. The number of aromatic nitrogens is 5. The van der Waals surface area contributed by atoms with Crippen molar-refractivity contribution in [3.8, 4) is 28.4 Å². The Labute approximate surface area is 214 Å². The summed E-state index contributed by atoms with van der Waals surface area (Å²) in [7, 11) is 3.16. The maximum atomic E-state index is 13.4. The second kappa shape index (κ2) is 10.8. The van der Waals surface area contributed by atoms with E-state index in [1.165, 1.54) is 6.33 Å². The predicted molar refractivity (Wildman–Crippen MR) is 139 cm³/mol. The van der Waals surface area contributed by atoms with Crippen molar-refractivity contribution < 1.29 is 14.3 Å². The van der Waals surface area contributed by atoms with Crippen molar-refractivity contribution in [1.29, 1.82) is 0 Å². The Balaban J connectivity index is 1.39. The Bertz CT molecular complexity index is 1480. The summed E-state index contributed by atoms with van der Waals surface area (Å²) in [5.74, 6) is 0.942. The Hall–Kier alpha value is -4.92. The number of ether oxygens (including phenoxy) is 2. The van der Waals surface area contributed by atoms with Crippen LogP contribution < -0.4 is 14.8 Å². The van der Waals surface area contributed by atoms with Crippen LogP contribution in [0.1, 0.15) is 21.5 Å². The van der Waals surface area contributed by atoms with Gasteiger partial charge in [0.2, 0.25) is 0 Å². The highest BCUT2D eigenvalue weighted by atomic mass is 16.5. The molecule has 5 aromatic rings. The molecule has 0 fully saturated rings. The molecular weight excluding hydrogens is 468 g/mol. The molecule has 186 valence electrons. The zero-order valence-electron chi connectivity index (χ0n) is 20.5. The standard InChI is InChI=1S/C28H26N6O3/c1-36-25-13-12-22(14-26(25)37-2)27-24(17-34(32-27)23-6-4-3-5-7-23)28(35)30-15-20-8-10-21(11-9-20)16-33-19-29-18-31-33/h3-14,17-19H,15-16H2,1-2H3,(H,30,35). The Morgan fingerprint density at radius 1 is 0.919 bits per heavy atom. The van der Waals surface area contributed by atoms with Crippen LogP contribution in [0.25, 0.3) is 16.9 Å². The predicted octanol–water partition coefficient (Wildman–Crippen LogP) is 4.13. The number of hydrogen-bond donors (Lipinski definition) is 1. The van der Waals surface area contributed by atoms with E-state index in [0.29, 0.717) is 35.8 Å². The molecule has 2 heterocycles. The van der Waals surface area contributed by atoms with Crippen LogP contribution in [0.15, 0.2) is 91.6 Å². The molecule has 5 rings (SSSR count). The molecule has 0 radical (unpaired) electrons.